The molecule has 1 heterocycles. The zero-order valence-electron chi connectivity index (χ0n) is 14.7. The highest BCUT2D eigenvalue weighted by Gasteiger charge is 2.18. The molecule has 0 bridgehead atoms. The van der Waals surface area contributed by atoms with E-state index in [4.69, 9.17) is 16.3 Å². The van der Waals surface area contributed by atoms with E-state index >= 15 is 0 Å². The van der Waals surface area contributed by atoms with Gasteiger partial charge in [0.15, 0.2) is 0 Å². The van der Waals surface area contributed by atoms with Crippen LogP contribution in [-0.4, -0.2) is 35.9 Å². The van der Waals surface area contributed by atoms with Crippen molar-refractivity contribution in [2.45, 2.75) is 6.92 Å². The summed E-state index contributed by atoms with van der Waals surface area (Å²) in [5.41, 5.74) is 3.82. The van der Waals surface area contributed by atoms with Crippen molar-refractivity contribution in [3.8, 4) is 16.9 Å². The van der Waals surface area contributed by atoms with Crippen molar-refractivity contribution in [2.75, 3.05) is 20.3 Å². The van der Waals surface area contributed by atoms with Gasteiger partial charge in [-0.05, 0) is 31.2 Å². The second-order valence-corrected chi connectivity index (χ2v) is 6.30. The third-order valence-electron chi connectivity index (χ3n) is 3.96. The molecule has 1 aromatic heterocycles. The summed E-state index contributed by atoms with van der Waals surface area (Å²) >= 11 is 6.30. The second kappa shape index (κ2) is 8.17. The molecule has 1 amide bonds. The van der Waals surface area contributed by atoms with E-state index in [0.717, 1.165) is 16.8 Å². The van der Waals surface area contributed by atoms with Gasteiger partial charge in [0.1, 0.15) is 5.69 Å². The molecule has 0 fully saturated rings. The largest absolute Gasteiger partial charge is 0.383 e. The fraction of sp³-hybridized carbons (Fsp3) is 0.200. The van der Waals surface area contributed by atoms with Crippen molar-refractivity contribution in [3.05, 3.63) is 70.9 Å². The molecule has 0 unspecified atom stereocenters. The number of carbonyl (C=O) groups excluding carboxylic acids is 1. The number of carbonyl (C=O) groups is 1. The van der Waals surface area contributed by atoms with Crippen molar-refractivity contribution in [3.63, 3.8) is 0 Å². The number of methoxy groups -OCH3 is 1. The SMILES string of the molecule is COCCNC(=O)c1cc(-c2ccccc2Cl)nn1-c1ccc(C)cc1. The van der Waals surface area contributed by atoms with Crippen molar-refractivity contribution < 1.29 is 9.53 Å². The molecule has 0 saturated heterocycles. The van der Waals surface area contributed by atoms with Crippen LogP contribution in [0.25, 0.3) is 16.9 Å². The van der Waals surface area contributed by atoms with Crippen molar-refractivity contribution in [1.29, 1.82) is 0 Å². The van der Waals surface area contributed by atoms with Gasteiger partial charge in [0.25, 0.3) is 5.91 Å². The minimum Gasteiger partial charge on any atom is -0.383 e. The van der Waals surface area contributed by atoms with E-state index in [0.29, 0.717) is 29.6 Å². The van der Waals surface area contributed by atoms with Gasteiger partial charge in [-0.1, -0.05) is 47.5 Å². The van der Waals surface area contributed by atoms with Crippen LogP contribution in [0.5, 0.6) is 0 Å². The molecule has 0 atom stereocenters. The van der Waals surface area contributed by atoms with Gasteiger partial charge in [-0.3, -0.25) is 4.79 Å². The molecule has 6 heteroatoms. The maximum Gasteiger partial charge on any atom is 0.270 e. The number of hydrogen-bond acceptors (Lipinski definition) is 3. The number of aromatic nitrogens is 2. The third-order valence-corrected chi connectivity index (χ3v) is 4.29. The van der Waals surface area contributed by atoms with Crippen LogP contribution in [0.15, 0.2) is 54.6 Å². The monoisotopic (exact) mass is 369 g/mol. The zero-order valence-corrected chi connectivity index (χ0v) is 15.5. The lowest BCUT2D eigenvalue weighted by atomic mass is 10.1. The smallest absolute Gasteiger partial charge is 0.270 e. The van der Waals surface area contributed by atoms with Crippen LogP contribution in [0, 0.1) is 6.92 Å². The Hall–Kier alpha value is -2.63. The number of amides is 1. The average molecular weight is 370 g/mol. The van der Waals surface area contributed by atoms with Crippen LogP contribution in [0.2, 0.25) is 5.02 Å². The minimum absolute atomic E-state index is 0.214. The summed E-state index contributed by atoms with van der Waals surface area (Å²) in [5.74, 6) is -0.214. The van der Waals surface area contributed by atoms with Crippen LogP contribution in [-0.2, 0) is 4.74 Å². The molecule has 0 spiro atoms. The molecule has 26 heavy (non-hydrogen) atoms. The highest BCUT2D eigenvalue weighted by Crippen LogP contribution is 2.28. The summed E-state index contributed by atoms with van der Waals surface area (Å²) in [4.78, 5) is 12.6. The lowest BCUT2D eigenvalue weighted by Crippen LogP contribution is -2.28. The standard InChI is InChI=1S/C20H20ClN3O2/c1-14-7-9-15(10-8-14)24-19(20(25)22-11-12-26-2)13-18(23-24)16-5-3-4-6-17(16)21/h3-10,13H,11-12H2,1-2H3,(H,22,25). The Morgan fingerprint density at radius 2 is 1.92 bits per heavy atom. The van der Waals surface area contributed by atoms with Gasteiger partial charge in [-0.15, -0.1) is 0 Å². The molecule has 1 N–H and O–H groups in total. The quantitative estimate of drug-likeness (QED) is 0.671. The van der Waals surface area contributed by atoms with Gasteiger partial charge in [-0.25, -0.2) is 4.68 Å². The van der Waals surface area contributed by atoms with Crippen LogP contribution in [0.4, 0.5) is 0 Å². The normalized spacial score (nSPS) is 10.7. The average Bonchev–Trinajstić information content (AvgIpc) is 3.08. The van der Waals surface area contributed by atoms with Crippen molar-refractivity contribution in [1.82, 2.24) is 15.1 Å². The number of nitrogens with one attached hydrogen (secondary N) is 1. The van der Waals surface area contributed by atoms with E-state index in [2.05, 4.69) is 10.4 Å². The number of benzene rings is 2. The number of rotatable bonds is 6. The molecule has 2 aromatic carbocycles. The van der Waals surface area contributed by atoms with E-state index in [1.165, 1.54) is 0 Å². The molecule has 3 aromatic rings. The molecule has 0 radical (unpaired) electrons. The first kappa shape index (κ1) is 18.2. The molecule has 0 aliphatic rings. The Bertz CT molecular complexity index is 904. The first-order valence-electron chi connectivity index (χ1n) is 8.29. The molecule has 134 valence electrons. The zero-order chi connectivity index (χ0) is 18.5. The van der Waals surface area contributed by atoms with E-state index in [1.807, 2.05) is 49.4 Å². The van der Waals surface area contributed by atoms with Gasteiger partial charge in [-0.2, -0.15) is 5.10 Å². The minimum atomic E-state index is -0.214. The van der Waals surface area contributed by atoms with Gasteiger partial charge in [0, 0.05) is 19.2 Å². The molecule has 3 rings (SSSR count). The second-order valence-electron chi connectivity index (χ2n) is 5.89. The van der Waals surface area contributed by atoms with E-state index in [9.17, 15) is 4.79 Å². The Balaban J connectivity index is 2.04. The number of hydrogen-bond donors (Lipinski definition) is 1. The predicted octanol–water partition coefficient (Wildman–Crippen LogP) is 3.88. The maximum atomic E-state index is 12.6. The number of nitrogens with zero attached hydrogens (tertiary/aromatic N) is 2. The van der Waals surface area contributed by atoms with Crippen LogP contribution < -0.4 is 5.32 Å². The molecule has 0 aliphatic carbocycles. The number of ether oxygens (including phenoxy) is 1. The highest BCUT2D eigenvalue weighted by atomic mass is 35.5. The first-order chi connectivity index (χ1) is 12.6. The molecule has 0 saturated carbocycles. The molecular formula is C20H20ClN3O2. The maximum absolute atomic E-state index is 12.6. The van der Waals surface area contributed by atoms with Crippen molar-refractivity contribution in [2.24, 2.45) is 0 Å². The summed E-state index contributed by atoms with van der Waals surface area (Å²) in [7, 11) is 1.60. The molecule has 0 aliphatic heterocycles. The predicted molar refractivity (Wildman–Crippen MR) is 103 cm³/mol. The van der Waals surface area contributed by atoms with E-state index in [1.54, 1.807) is 23.9 Å². The lowest BCUT2D eigenvalue weighted by molar-refractivity contribution is 0.0929. The molecular weight excluding hydrogens is 350 g/mol. The highest BCUT2D eigenvalue weighted by molar-refractivity contribution is 6.33. The summed E-state index contributed by atoms with van der Waals surface area (Å²) in [6, 6.07) is 17.0. The summed E-state index contributed by atoms with van der Waals surface area (Å²) < 4.78 is 6.63. The Morgan fingerprint density at radius 1 is 1.19 bits per heavy atom. The van der Waals surface area contributed by atoms with Crippen LogP contribution in [0.3, 0.4) is 0 Å². The van der Waals surface area contributed by atoms with Crippen LogP contribution >= 0.6 is 11.6 Å². The fourth-order valence-electron chi connectivity index (χ4n) is 2.58. The topological polar surface area (TPSA) is 56.1 Å². The summed E-state index contributed by atoms with van der Waals surface area (Å²) in [6.45, 7) is 2.89. The Labute approximate surface area is 157 Å². The van der Waals surface area contributed by atoms with Gasteiger partial charge >= 0.3 is 0 Å². The number of halogens is 1. The first-order valence-corrected chi connectivity index (χ1v) is 8.67. The summed E-state index contributed by atoms with van der Waals surface area (Å²) in [6.07, 6.45) is 0. The van der Waals surface area contributed by atoms with Crippen molar-refractivity contribution >= 4 is 17.5 Å². The number of aryl methyl sites for hydroxylation is 1. The lowest BCUT2D eigenvalue weighted by Gasteiger charge is -2.08. The van der Waals surface area contributed by atoms with Gasteiger partial charge in [0.05, 0.1) is 23.0 Å². The van der Waals surface area contributed by atoms with Crippen LogP contribution in [0.1, 0.15) is 16.1 Å². The fourth-order valence-corrected chi connectivity index (χ4v) is 2.82. The van der Waals surface area contributed by atoms with Gasteiger partial charge < -0.3 is 10.1 Å². The Kier molecular flexibility index (Phi) is 5.71. The summed E-state index contributed by atoms with van der Waals surface area (Å²) in [5, 5.41) is 8.06. The van der Waals surface area contributed by atoms with E-state index < -0.39 is 0 Å². The van der Waals surface area contributed by atoms with Gasteiger partial charge in [0.2, 0.25) is 0 Å². The van der Waals surface area contributed by atoms with E-state index in [-0.39, 0.29) is 5.91 Å². The molecule has 5 nitrogen and oxygen atoms in total. The third kappa shape index (κ3) is 3.95. The Morgan fingerprint density at radius 3 is 2.62 bits per heavy atom.